The fourth-order valence-corrected chi connectivity index (χ4v) is 2.45. The third-order valence-electron chi connectivity index (χ3n) is 1.95. The van der Waals surface area contributed by atoms with Gasteiger partial charge in [0.05, 0.1) is 5.02 Å². The summed E-state index contributed by atoms with van der Waals surface area (Å²) in [6, 6.07) is 1.98. The summed E-state index contributed by atoms with van der Waals surface area (Å²) < 4.78 is 0. The molecular formula is C9H15ClN2S. The van der Waals surface area contributed by atoms with Gasteiger partial charge in [-0.1, -0.05) is 18.0 Å². The minimum Gasteiger partial charge on any atom is -0.330 e. The third kappa shape index (κ3) is 3.27. The molecule has 0 fully saturated rings. The number of hydrogen-bond donors (Lipinski definition) is 2. The summed E-state index contributed by atoms with van der Waals surface area (Å²) in [5, 5.41) is 2.77. The van der Waals surface area contributed by atoms with Crippen molar-refractivity contribution >= 4 is 22.9 Å². The van der Waals surface area contributed by atoms with Gasteiger partial charge in [-0.15, -0.1) is 11.3 Å². The SMILES string of the molecule is NCCCC[C@@H](N)c1sccc1Cl. The molecule has 13 heavy (non-hydrogen) atoms. The molecule has 1 heterocycles. The van der Waals surface area contributed by atoms with Gasteiger partial charge in [0.15, 0.2) is 0 Å². The molecule has 4 heteroatoms. The van der Waals surface area contributed by atoms with Gasteiger partial charge in [-0.25, -0.2) is 0 Å². The molecule has 1 atom stereocenters. The first-order valence-electron chi connectivity index (χ1n) is 4.44. The molecule has 0 saturated heterocycles. The quantitative estimate of drug-likeness (QED) is 0.747. The van der Waals surface area contributed by atoms with Gasteiger partial charge in [0.1, 0.15) is 0 Å². The normalized spacial score (nSPS) is 13.2. The van der Waals surface area contributed by atoms with Gasteiger partial charge in [-0.05, 0) is 30.8 Å². The van der Waals surface area contributed by atoms with Crippen LogP contribution in [0.4, 0.5) is 0 Å². The molecular weight excluding hydrogens is 204 g/mol. The number of thiophene rings is 1. The van der Waals surface area contributed by atoms with Gasteiger partial charge >= 0.3 is 0 Å². The van der Waals surface area contributed by atoms with Crippen molar-refractivity contribution in [2.24, 2.45) is 11.5 Å². The molecule has 1 aromatic rings. The van der Waals surface area contributed by atoms with Gasteiger partial charge in [0.25, 0.3) is 0 Å². The summed E-state index contributed by atoms with van der Waals surface area (Å²) in [5.41, 5.74) is 11.4. The van der Waals surface area contributed by atoms with Gasteiger partial charge in [-0.2, -0.15) is 0 Å². The van der Waals surface area contributed by atoms with Crippen molar-refractivity contribution in [1.29, 1.82) is 0 Å². The summed E-state index contributed by atoms with van der Waals surface area (Å²) in [7, 11) is 0. The predicted molar refractivity (Wildman–Crippen MR) is 59.2 cm³/mol. The van der Waals surface area contributed by atoms with Crippen LogP contribution in [0.1, 0.15) is 30.2 Å². The van der Waals surface area contributed by atoms with E-state index >= 15 is 0 Å². The van der Waals surface area contributed by atoms with Gasteiger partial charge < -0.3 is 11.5 Å². The Balaban J connectivity index is 2.39. The van der Waals surface area contributed by atoms with Crippen molar-refractivity contribution in [2.75, 3.05) is 6.54 Å². The molecule has 0 amide bonds. The summed E-state index contributed by atoms with van der Waals surface area (Å²) in [6.45, 7) is 0.741. The van der Waals surface area contributed by atoms with Gasteiger partial charge in [-0.3, -0.25) is 0 Å². The first-order chi connectivity index (χ1) is 6.25. The van der Waals surface area contributed by atoms with Crippen molar-refractivity contribution in [2.45, 2.75) is 25.3 Å². The zero-order valence-electron chi connectivity index (χ0n) is 7.50. The van der Waals surface area contributed by atoms with E-state index in [0.717, 1.165) is 35.7 Å². The first kappa shape index (κ1) is 11.0. The van der Waals surface area contributed by atoms with Crippen molar-refractivity contribution < 1.29 is 0 Å². The molecule has 0 aliphatic heterocycles. The second kappa shape index (κ2) is 5.60. The van der Waals surface area contributed by atoms with Crippen molar-refractivity contribution in [1.82, 2.24) is 0 Å². The highest BCUT2D eigenvalue weighted by Crippen LogP contribution is 2.29. The molecule has 1 rings (SSSR count). The monoisotopic (exact) mass is 218 g/mol. The highest BCUT2D eigenvalue weighted by Gasteiger charge is 2.10. The molecule has 0 radical (unpaired) electrons. The van der Waals surface area contributed by atoms with Crippen molar-refractivity contribution in [3.05, 3.63) is 21.3 Å². The fraction of sp³-hybridized carbons (Fsp3) is 0.556. The van der Waals surface area contributed by atoms with E-state index in [-0.39, 0.29) is 6.04 Å². The zero-order chi connectivity index (χ0) is 9.68. The predicted octanol–water partition coefficient (Wildman–Crippen LogP) is 2.53. The van der Waals surface area contributed by atoms with Crippen LogP contribution in [0.15, 0.2) is 11.4 Å². The molecule has 0 aliphatic carbocycles. The van der Waals surface area contributed by atoms with E-state index in [4.69, 9.17) is 23.1 Å². The lowest BCUT2D eigenvalue weighted by atomic mass is 10.1. The average Bonchev–Trinajstić information content (AvgIpc) is 2.52. The number of nitrogens with two attached hydrogens (primary N) is 2. The number of halogens is 1. The average molecular weight is 219 g/mol. The summed E-state index contributed by atoms with van der Waals surface area (Å²) >= 11 is 7.58. The molecule has 0 saturated carbocycles. The maximum atomic E-state index is 5.97. The Morgan fingerprint density at radius 2 is 2.23 bits per heavy atom. The molecule has 4 N–H and O–H groups in total. The Morgan fingerprint density at radius 3 is 2.77 bits per heavy atom. The lowest BCUT2D eigenvalue weighted by Gasteiger charge is -2.09. The molecule has 74 valence electrons. The molecule has 0 spiro atoms. The van der Waals surface area contributed by atoms with Crippen LogP contribution in [-0.4, -0.2) is 6.54 Å². The molecule has 0 aromatic carbocycles. The van der Waals surface area contributed by atoms with Crippen LogP contribution in [0, 0.1) is 0 Å². The summed E-state index contributed by atoms with van der Waals surface area (Å²) in [6.07, 6.45) is 3.08. The fourth-order valence-electron chi connectivity index (χ4n) is 1.21. The van der Waals surface area contributed by atoms with E-state index < -0.39 is 0 Å². The van der Waals surface area contributed by atoms with E-state index in [1.165, 1.54) is 0 Å². The molecule has 1 aromatic heterocycles. The van der Waals surface area contributed by atoms with Crippen LogP contribution < -0.4 is 11.5 Å². The van der Waals surface area contributed by atoms with Crippen LogP contribution in [0.5, 0.6) is 0 Å². The number of hydrogen-bond acceptors (Lipinski definition) is 3. The molecule has 0 aliphatic rings. The third-order valence-corrected chi connectivity index (χ3v) is 3.44. The standard InChI is InChI=1S/C9H15ClN2S/c10-7-4-6-13-9(7)8(12)3-1-2-5-11/h4,6,8H,1-3,5,11-12H2/t8-/m1/s1. The minimum atomic E-state index is 0.0825. The molecule has 2 nitrogen and oxygen atoms in total. The highest BCUT2D eigenvalue weighted by atomic mass is 35.5. The lowest BCUT2D eigenvalue weighted by Crippen LogP contribution is -2.09. The maximum absolute atomic E-state index is 5.97. The van der Waals surface area contributed by atoms with E-state index in [0.29, 0.717) is 0 Å². The Labute approximate surface area is 87.9 Å². The Bertz CT molecular complexity index is 250. The summed E-state index contributed by atoms with van der Waals surface area (Å²) in [4.78, 5) is 1.10. The Kier molecular flexibility index (Phi) is 4.73. The van der Waals surface area contributed by atoms with Gasteiger partial charge in [0, 0.05) is 10.9 Å². The lowest BCUT2D eigenvalue weighted by molar-refractivity contribution is 0.598. The number of rotatable bonds is 5. The molecule has 0 unspecified atom stereocenters. The van der Waals surface area contributed by atoms with Crippen LogP contribution in [0.25, 0.3) is 0 Å². The van der Waals surface area contributed by atoms with E-state index in [2.05, 4.69) is 0 Å². The zero-order valence-corrected chi connectivity index (χ0v) is 9.07. The van der Waals surface area contributed by atoms with Gasteiger partial charge in [0.2, 0.25) is 0 Å². The topological polar surface area (TPSA) is 52.0 Å². The van der Waals surface area contributed by atoms with Crippen LogP contribution in [0.2, 0.25) is 5.02 Å². The Morgan fingerprint density at radius 1 is 1.46 bits per heavy atom. The summed E-state index contributed by atoms with van der Waals surface area (Å²) in [5.74, 6) is 0. The van der Waals surface area contributed by atoms with Crippen molar-refractivity contribution in [3.63, 3.8) is 0 Å². The van der Waals surface area contributed by atoms with Crippen LogP contribution in [-0.2, 0) is 0 Å². The number of unbranched alkanes of at least 4 members (excludes halogenated alkanes) is 1. The van der Waals surface area contributed by atoms with E-state index in [1.807, 2.05) is 11.4 Å². The van der Waals surface area contributed by atoms with Crippen molar-refractivity contribution in [3.8, 4) is 0 Å². The van der Waals surface area contributed by atoms with E-state index in [9.17, 15) is 0 Å². The second-order valence-electron chi connectivity index (χ2n) is 3.02. The smallest absolute Gasteiger partial charge is 0.0561 e. The second-order valence-corrected chi connectivity index (χ2v) is 4.38. The van der Waals surface area contributed by atoms with Crippen LogP contribution >= 0.6 is 22.9 Å². The minimum absolute atomic E-state index is 0.0825. The Hall–Kier alpha value is -0.0900. The largest absolute Gasteiger partial charge is 0.330 e. The highest BCUT2D eigenvalue weighted by molar-refractivity contribution is 7.10. The van der Waals surface area contributed by atoms with E-state index in [1.54, 1.807) is 11.3 Å². The molecule has 0 bridgehead atoms. The van der Waals surface area contributed by atoms with Crippen LogP contribution in [0.3, 0.4) is 0 Å². The maximum Gasteiger partial charge on any atom is 0.0561 e. The first-order valence-corrected chi connectivity index (χ1v) is 5.70.